The maximum atomic E-state index is 13.4. The second-order valence-electron chi connectivity index (χ2n) is 6.70. The highest BCUT2D eigenvalue weighted by molar-refractivity contribution is 5.55. The van der Waals surface area contributed by atoms with Gasteiger partial charge in [-0.15, -0.1) is 0 Å². The van der Waals surface area contributed by atoms with Crippen molar-refractivity contribution in [3.63, 3.8) is 0 Å². The normalized spacial score (nSPS) is 13.1. The molecule has 6 nitrogen and oxygen atoms in total. The van der Waals surface area contributed by atoms with E-state index in [0.717, 1.165) is 5.69 Å². The largest absolute Gasteiger partial charge is 0.348 e. The number of imidazole rings is 1. The Labute approximate surface area is 163 Å². The summed E-state index contributed by atoms with van der Waals surface area (Å²) in [5, 5.41) is -0.0322. The third-order valence-electron chi connectivity index (χ3n) is 3.60. The monoisotopic (exact) mass is 386 g/mol. The van der Waals surface area contributed by atoms with Crippen molar-refractivity contribution in [2.24, 2.45) is 0 Å². The quantitative estimate of drug-likeness (QED) is 0.704. The molecule has 0 aliphatic rings. The zero-order valence-electron chi connectivity index (χ0n) is 16.9. The molecule has 2 aromatic rings. The first-order chi connectivity index (χ1) is 13.1. The van der Waals surface area contributed by atoms with Crippen LogP contribution in [0.5, 0.6) is 0 Å². The second-order valence-corrected chi connectivity index (χ2v) is 6.70. The first-order valence-electron chi connectivity index (χ1n) is 8.91. The standard InChI is InChI=1S/C19H21FN4O2.C2H6/c1-6-7-12(11(2)20)8-14-17(25)24-15(18(26)23-14)9-13-16(19(3,4)5)22-10-21-13;1-2/h6-10H,1-2H2,3-5H3,(H,21,22)(H,23,26)(H,24,25);1-2H3/b12-7-,14-8-,15-9-;. The number of halogens is 1. The minimum Gasteiger partial charge on any atom is -0.348 e. The predicted octanol–water partition coefficient (Wildman–Crippen LogP) is 2.31. The van der Waals surface area contributed by atoms with Crippen molar-refractivity contribution >= 4 is 12.2 Å². The summed E-state index contributed by atoms with van der Waals surface area (Å²) in [4.78, 5) is 36.8. The fourth-order valence-corrected chi connectivity index (χ4v) is 2.35. The van der Waals surface area contributed by atoms with E-state index in [9.17, 15) is 14.0 Å². The number of hydrogen-bond donors (Lipinski definition) is 3. The molecule has 28 heavy (non-hydrogen) atoms. The molecule has 0 bridgehead atoms. The zero-order valence-corrected chi connectivity index (χ0v) is 16.9. The van der Waals surface area contributed by atoms with Crippen LogP contribution in [0.15, 0.2) is 52.6 Å². The van der Waals surface area contributed by atoms with Crippen molar-refractivity contribution in [2.45, 2.75) is 40.0 Å². The summed E-state index contributed by atoms with van der Waals surface area (Å²) in [5.41, 5.74) is 0.119. The Balaban J connectivity index is 0.00000190. The highest BCUT2D eigenvalue weighted by atomic mass is 19.1. The number of allylic oxidation sites excluding steroid dienone is 4. The molecule has 0 amide bonds. The highest BCUT2D eigenvalue weighted by Gasteiger charge is 2.19. The van der Waals surface area contributed by atoms with Gasteiger partial charge in [0.25, 0.3) is 11.1 Å². The van der Waals surface area contributed by atoms with Crippen molar-refractivity contribution in [2.75, 3.05) is 0 Å². The SMILES string of the molecule is C=C/C=C(/C=c1\[nH]c(=O)/c(=C/c2nc[nH]c2C(C)(C)C)[nH]c1=O)C(=C)F.CC. The highest BCUT2D eigenvalue weighted by Crippen LogP contribution is 2.22. The van der Waals surface area contributed by atoms with E-state index in [1.165, 1.54) is 30.6 Å². The van der Waals surface area contributed by atoms with Crippen LogP contribution in [0.2, 0.25) is 0 Å². The lowest BCUT2D eigenvalue weighted by molar-refractivity contribution is 0.571. The van der Waals surface area contributed by atoms with Gasteiger partial charge in [0, 0.05) is 16.7 Å². The van der Waals surface area contributed by atoms with E-state index in [1.54, 1.807) is 0 Å². The van der Waals surface area contributed by atoms with Crippen LogP contribution >= 0.6 is 0 Å². The molecule has 2 rings (SSSR count). The Morgan fingerprint density at radius 3 is 2.25 bits per heavy atom. The maximum absolute atomic E-state index is 13.4. The van der Waals surface area contributed by atoms with Gasteiger partial charge in [-0.25, -0.2) is 9.37 Å². The number of aromatic amines is 3. The molecular weight excluding hydrogens is 359 g/mol. The van der Waals surface area contributed by atoms with Gasteiger partial charge in [-0.05, 0) is 12.2 Å². The molecular formula is C21H27FN4O2. The van der Waals surface area contributed by atoms with E-state index in [2.05, 4.69) is 33.1 Å². The second kappa shape index (κ2) is 9.64. The van der Waals surface area contributed by atoms with Gasteiger partial charge in [-0.3, -0.25) is 9.59 Å². The zero-order chi connectivity index (χ0) is 21.5. The van der Waals surface area contributed by atoms with E-state index in [0.29, 0.717) is 5.69 Å². The third-order valence-corrected chi connectivity index (χ3v) is 3.60. The Bertz CT molecular complexity index is 1110. The Morgan fingerprint density at radius 2 is 1.71 bits per heavy atom. The van der Waals surface area contributed by atoms with Gasteiger partial charge in [0.15, 0.2) is 0 Å². The lowest BCUT2D eigenvalue weighted by atomic mass is 9.90. The van der Waals surface area contributed by atoms with Crippen LogP contribution in [0.25, 0.3) is 12.2 Å². The first kappa shape index (κ1) is 22.8. The molecule has 0 fully saturated rings. The van der Waals surface area contributed by atoms with E-state index >= 15 is 0 Å². The number of H-pyrrole nitrogens is 3. The molecule has 0 aromatic carbocycles. The Kier molecular flexibility index (Phi) is 7.86. The summed E-state index contributed by atoms with van der Waals surface area (Å²) in [7, 11) is 0. The molecule has 0 saturated carbocycles. The van der Waals surface area contributed by atoms with Crippen molar-refractivity contribution in [3.05, 3.63) is 85.8 Å². The van der Waals surface area contributed by atoms with Crippen LogP contribution in [0, 0.1) is 0 Å². The fourth-order valence-electron chi connectivity index (χ4n) is 2.35. The van der Waals surface area contributed by atoms with Gasteiger partial charge in [0.2, 0.25) is 0 Å². The average molecular weight is 386 g/mol. The number of nitrogens with zero attached hydrogens (tertiary/aromatic N) is 1. The molecule has 0 aliphatic carbocycles. The van der Waals surface area contributed by atoms with E-state index < -0.39 is 16.9 Å². The smallest absolute Gasteiger partial charge is 0.272 e. The minimum absolute atomic E-state index is 0.0419. The summed E-state index contributed by atoms with van der Waals surface area (Å²) in [5.74, 6) is -0.743. The molecule has 0 aliphatic heterocycles. The molecule has 0 atom stereocenters. The molecule has 2 heterocycles. The van der Waals surface area contributed by atoms with Gasteiger partial charge in [0.05, 0.1) is 12.0 Å². The van der Waals surface area contributed by atoms with Crippen LogP contribution in [-0.2, 0) is 5.41 Å². The van der Waals surface area contributed by atoms with Gasteiger partial charge in [0.1, 0.15) is 16.5 Å². The molecule has 7 heteroatoms. The first-order valence-corrected chi connectivity index (χ1v) is 8.91. The van der Waals surface area contributed by atoms with E-state index in [-0.39, 0.29) is 21.7 Å². The van der Waals surface area contributed by atoms with Crippen molar-refractivity contribution in [1.82, 2.24) is 19.9 Å². The number of rotatable bonds is 4. The van der Waals surface area contributed by atoms with Crippen LogP contribution in [0.3, 0.4) is 0 Å². The lowest BCUT2D eigenvalue weighted by Crippen LogP contribution is -2.46. The lowest BCUT2D eigenvalue weighted by Gasteiger charge is -2.16. The molecule has 0 spiro atoms. The van der Waals surface area contributed by atoms with Crippen LogP contribution in [-0.4, -0.2) is 19.9 Å². The van der Waals surface area contributed by atoms with Gasteiger partial charge >= 0.3 is 0 Å². The number of nitrogens with one attached hydrogen (secondary N) is 3. The Hall–Kier alpha value is -3.22. The molecule has 3 N–H and O–H groups in total. The molecule has 0 unspecified atom stereocenters. The van der Waals surface area contributed by atoms with Crippen molar-refractivity contribution in [3.8, 4) is 0 Å². The van der Waals surface area contributed by atoms with Crippen LogP contribution in [0.4, 0.5) is 4.39 Å². The average Bonchev–Trinajstić information content (AvgIpc) is 3.09. The van der Waals surface area contributed by atoms with Crippen molar-refractivity contribution < 1.29 is 4.39 Å². The Morgan fingerprint density at radius 1 is 1.14 bits per heavy atom. The third kappa shape index (κ3) is 5.64. The number of hydrogen-bond acceptors (Lipinski definition) is 3. The van der Waals surface area contributed by atoms with Gasteiger partial charge in [-0.1, -0.05) is 59.9 Å². The van der Waals surface area contributed by atoms with E-state index in [1.807, 2.05) is 34.6 Å². The minimum atomic E-state index is -0.743. The molecule has 0 saturated heterocycles. The number of aromatic nitrogens is 4. The maximum Gasteiger partial charge on any atom is 0.272 e. The summed E-state index contributed by atoms with van der Waals surface area (Å²) in [6.45, 7) is 16.7. The topological polar surface area (TPSA) is 94.4 Å². The summed E-state index contributed by atoms with van der Waals surface area (Å²) >= 11 is 0. The van der Waals surface area contributed by atoms with Crippen molar-refractivity contribution in [1.29, 1.82) is 0 Å². The summed E-state index contributed by atoms with van der Waals surface area (Å²) < 4.78 is 13.4. The summed E-state index contributed by atoms with van der Waals surface area (Å²) in [6, 6.07) is 0. The summed E-state index contributed by atoms with van der Waals surface area (Å²) in [6.07, 6.45) is 6.93. The van der Waals surface area contributed by atoms with Gasteiger partial charge < -0.3 is 15.0 Å². The fraction of sp³-hybridized carbons (Fsp3) is 0.286. The predicted molar refractivity (Wildman–Crippen MR) is 112 cm³/mol. The molecule has 2 aromatic heterocycles. The van der Waals surface area contributed by atoms with Crippen LogP contribution in [0.1, 0.15) is 46.0 Å². The molecule has 150 valence electrons. The van der Waals surface area contributed by atoms with E-state index in [4.69, 9.17) is 0 Å². The van der Waals surface area contributed by atoms with Gasteiger partial charge in [-0.2, -0.15) is 0 Å². The van der Waals surface area contributed by atoms with Crippen LogP contribution < -0.4 is 21.8 Å². The molecule has 0 radical (unpaired) electrons.